The van der Waals surface area contributed by atoms with Crippen LogP contribution in [0.2, 0.25) is 0 Å². The lowest BCUT2D eigenvalue weighted by atomic mass is 10.0. The van der Waals surface area contributed by atoms with E-state index in [1.54, 1.807) is 12.4 Å². The van der Waals surface area contributed by atoms with Gasteiger partial charge in [0.25, 0.3) is 5.91 Å². The molecule has 0 saturated carbocycles. The van der Waals surface area contributed by atoms with Gasteiger partial charge in [-0.3, -0.25) is 4.79 Å². The number of aromatic nitrogens is 3. The quantitative estimate of drug-likeness (QED) is 0.653. The van der Waals surface area contributed by atoms with Gasteiger partial charge in [-0.25, -0.2) is 9.67 Å². The minimum atomic E-state index is -0.135. The van der Waals surface area contributed by atoms with Gasteiger partial charge < -0.3 is 15.4 Å². The number of anilines is 1. The van der Waals surface area contributed by atoms with Gasteiger partial charge in [0, 0.05) is 38.5 Å². The normalized spacial score (nSPS) is 14.8. The van der Waals surface area contributed by atoms with Crippen molar-refractivity contribution < 1.29 is 9.53 Å². The van der Waals surface area contributed by atoms with Crippen molar-refractivity contribution in [2.45, 2.75) is 52.7 Å². The molecular formula is C23H29N5O2. The van der Waals surface area contributed by atoms with Gasteiger partial charge in [-0.2, -0.15) is 5.10 Å². The minimum absolute atomic E-state index is 0.135. The Morgan fingerprint density at radius 1 is 1.23 bits per heavy atom. The van der Waals surface area contributed by atoms with Crippen LogP contribution in [0.1, 0.15) is 46.8 Å². The summed E-state index contributed by atoms with van der Waals surface area (Å²) in [6.07, 6.45) is 5.29. The van der Waals surface area contributed by atoms with E-state index in [1.807, 2.05) is 17.7 Å². The van der Waals surface area contributed by atoms with Gasteiger partial charge in [-0.1, -0.05) is 18.2 Å². The van der Waals surface area contributed by atoms with E-state index in [0.717, 1.165) is 54.9 Å². The highest BCUT2D eigenvalue weighted by molar-refractivity contribution is 6.06. The second-order valence-corrected chi connectivity index (χ2v) is 7.82. The number of carbonyl (C=O) groups excluding carboxylic acids is 1. The Hall–Kier alpha value is -2.93. The van der Waals surface area contributed by atoms with Gasteiger partial charge in [0.2, 0.25) is 0 Å². The van der Waals surface area contributed by atoms with Crippen LogP contribution in [-0.2, 0) is 17.8 Å². The highest BCUT2D eigenvalue weighted by atomic mass is 16.5. The largest absolute Gasteiger partial charge is 0.381 e. The molecule has 2 N–H and O–H groups in total. The number of carbonyl (C=O) groups is 1. The predicted molar refractivity (Wildman–Crippen MR) is 118 cm³/mol. The molecule has 1 saturated heterocycles. The van der Waals surface area contributed by atoms with Crippen molar-refractivity contribution in [2.75, 3.05) is 18.5 Å². The second kappa shape index (κ2) is 8.83. The summed E-state index contributed by atoms with van der Waals surface area (Å²) in [5.74, 6) is -0.135. The number of aryl methyl sites for hydroxylation is 2. The van der Waals surface area contributed by atoms with E-state index < -0.39 is 0 Å². The van der Waals surface area contributed by atoms with Crippen LogP contribution in [-0.4, -0.2) is 39.9 Å². The van der Waals surface area contributed by atoms with Gasteiger partial charge in [0.05, 0.1) is 22.8 Å². The van der Waals surface area contributed by atoms with Gasteiger partial charge in [0.1, 0.15) is 0 Å². The molecule has 1 aliphatic heterocycles. The number of hydrogen-bond donors (Lipinski definition) is 2. The molecule has 1 fully saturated rings. The summed E-state index contributed by atoms with van der Waals surface area (Å²) >= 11 is 0. The highest BCUT2D eigenvalue weighted by Crippen LogP contribution is 2.28. The van der Waals surface area contributed by atoms with Crippen LogP contribution < -0.4 is 10.6 Å². The third kappa shape index (κ3) is 4.03. The SMILES string of the molecule is CCn1ncc2c(NC3CCOCC3)c(C(=O)NCc3cccc(C)c3C)cnc21. The molecule has 30 heavy (non-hydrogen) atoms. The maximum atomic E-state index is 13.2. The molecule has 2 aromatic heterocycles. The van der Waals surface area contributed by atoms with Crippen LogP contribution in [0.4, 0.5) is 5.69 Å². The number of hydrogen-bond acceptors (Lipinski definition) is 5. The minimum Gasteiger partial charge on any atom is -0.381 e. The molecule has 0 atom stereocenters. The van der Waals surface area contributed by atoms with Crippen molar-refractivity contribution in [3.05, 3.63) is 52.8 Å². The molecule has 0 bridgehead atoms. The first kappa shape index (κ1) is 20.3. The molecule has 1 amide bonds. The predicted octanol–water partition coefficient (Wildman–Crippen LogP) is 3.59. The summed E-state index contributed by atoms with van der Waals surface area (Å²) in [6, 6.07) is 6.42. The van der Waals surface area contributed by atoms with Crippen molar-refractivity contribution in [3.63, 3.8) is 0 Å². The standard InChI is InChI=1S/C23H29N5O2/c1-4-28-22-19(14-26-28)21(27-18-8-10-30-11-9-18)20(13-24-22)23(29)25-12-17-7-5-6-15(2)16(17)3/h5-7,13-14,18H,4,8-12H2,1-3H3,(H,24,27)(H,25,29). The number of pyridine rings is 1. The summed E-state index contributed by atoms with van der Waals surface area (Å²) in [7, 11) is 0. The van der Waals surface area contributed by atoms with Crippen molar-refractivity contribution in [3.8, 4) is 0 Å². The van der Waals surface area contributed by atoms with E-state index in [9.17, 15) is 4.79 Å². The molecule has 0 unspecified atom stereocenters. The van der Waals surface area contributed by atoms with Crippen LogP contribution in [0, 0.1) is 13.8 Å². The molecule has 1 aromatic carbocycles. The van der Waals surface area contributed by atoms with Crippen LogP contribution in [0.5, 0.6) is 0 Å². The zero-order valence-corrected chi connectivity index (χ0v) is 17.9. The van der Waals surface area contributed by atoms with Gasteiger partial charge in [-0.05, 0) is 50.3 Å². The molecule has 7 nitrogen and oxygen atoms in total. The number of benzene rings is 1. The maximum Gasteiger partial charge on any atom is 0.255 e. The lowest BCUT2D eigenvalue weighted by molar-refractivity contribution is 0.0904. The average molecular weight is 408 g/mol. The van der Waals surface area contributed by atoms with E-state index in [4.69, 9.17) is 4.74 Å². The van der Waals surface area contributed by atoms with E-state index in [-0.39, 0.29) is 11.9 Å². The molecule has 158 valence electrons. The number of nitrogens with zero attached hydrogens (tertiary/aromatic N) is 3. The summed E-state index contributed by atoms with van der Waals surface area (Å²) in [6.45, 7) is 8.87. The summed E-state index contributed by atoms with van der Waals surface area (Å²) in [5.41, 5.74) is 5.70. The first-order valence-corrected chi connectivity index (χ1v) is 10.6. The van der Waals surface area contributed by atoms with Crippen LogP contribution >= 0.6 is 0 Å². The fourth-order valence-electron chi connectivity index (χ4n) is 3.91. The van der Waals surface area contributed by atoms with E-state index in [2.05, 4.69) is 46.7 Å². The van der Waals surface area contributed by atoms with Gasteiger partial charge >= 0.3 is 0 Å². The third-order valence-electron chi connectivity index (χ3n) is 5.94. The Kier molecular flexibility index (Phi) is 5.99. The van der Waals surface area contributed by atoms with Crippen LogP contribution in [0.15, 0.2) is 30.6 Å². The number of nitrogens with one attached hydrogen (secondary N) is 2. The summed E-state index contributed by atoms with van der Waals surface area (Å²) in [5, 5.41) is 12.0. The molecule has 0 aliphatic carbocycles. The molecule has 3 heterocycles. The average Bonchev–Trinajstić information content (AvgIpc) is 3.19. The Morgan fingerprint density at radius 2 is 2.03 bits per heavy atom. The molecule has 7 heteroatoms. The van der Waals surface area contributed by atoms with E-state index in [0.29, 0.717) is 12.1 Å². The summed E-state index contributed by atoms with van der Waals surface area (Å²) in [4.78, 5) is 17.7. The first-order chi connectivity index (χ1) is 14.6. The molecule has 1 aliphatic rings. The molecular weight excluding hydrogens is 378 g/mol. The lowest BCUT2D eigenvalue weighted by Crippen LogP contribution is -2.30. The zero-order valence-electron chi connectivity index (χ0n) is 17.9. The van der Waals surface area contributed by atoms with E-state index in [1.165, 1.54) is 11.1 Å². The van der Waals surface area contributed by atoms with E-state index >= 15 is 0 Å². The maximum absolute atomic E-state index is 13.2. The summed E-state index contributed by atoms with van der Waals surface area (Å²) < 4.78 is 7.33. The molecule has 4 rings (SSSR count). The Morgan fingerprint density at radius 3 is 2.80 bits per heavy atom. The highest BCUT2D eigenvalue weighted by Gasteiger charge is 2.22. The Balaban J connectivity index is 1.63. The number of fused-ring (bicyclic) bond motifs is 1. The molecule has 3 aromatic rings. The fourth-order valence-corrected chi connectivity index (χ4v) is 3.91. The topological polar surface area (TPSA) is 81.1 Å². The smallest absolute Gasteiger partial charge is 0.255 e. The van der Waals surface area contributed by atoms with Gasteiger partial charge in [-0.15, -0.1) is 0 Å². The third-order valence-corrected chi connectivity index (χ3v) is 5.94. The monoisotopic (exact) mass is 407 g/mol. The Labute approximate surface area is 176 Å². The number of rotatable bonds is 6. The second-order valence-electron chi connectivity index (χ2n) is 7.82. The lowest BCUT2D eigenvalue weighted by Gasteiger charge is -2.25. The molecule has 0 spiro atoms. The van der Waals surface area contributed by atoms with Crippen LogP contribution in [0.3, 0.4) is 0 Å². The van der Waals surface area contributed by atoms with Crippen molar-refractivity contribution in [2.24, 2.45) is 0 Å². The van der Waals surface area contributed by atoms with Crippen molar-refractivity contribution in [1.29, 1.82) is 0 Å². The first-order valence-electron chi connectivity index (χ1n) is 10.6. The zero-order chi connectivity index (χ0) is 21.1. The van der Waals surface area contributed by atoms with Gasteiger partial charge in [0.15, 0.2) is 5.65 Å². The number of ether oxygens (including phenoxy) is 1. The van der Waals surface area contributed by atoms with Crippen molar-refractivity contribution >= 4 is 22.6 Å². The Bertz CT molecular complexity index is 1050. The molecule has 0 radical (unpaired) electrons. The van der Waals surface area contributed by atoms with Crippen LogP contribution in [0.25, 0.3) is 11.0 Å². The fraction of sp³-hybridized carbons (Fsp3) is 0.435. The van der Waals surface area contributed by atoms with Crippen molar-refractivity contribution in [1.82, 2.24) is 20.1 Å². The number of amides is 1.